The number of rotatable bonds is 1. The van der Waals surface area contributed by atoms with Crippen LogP contribution in [-0.2, 0) is 9.59 Å². The number of hydrogen-bond donors (Lipinski definition) is 0. The molecule has 4 heteroatoms. The third-order valence-corrected chi connectivity index (χ3v) is 7.10. The van der Waals surface area contributed by atoms with E-state index in [4.69, 9.17) is 0 Å². The van der Waals surface area contributed by atoms with Crippen LogP contribution in [-0.4, -0.2) is 11.8 Å². The standard InChI is InChI=1S/C25H18FNO2/c1-25-21-18-8-4-2-6-16(18)20(17-7-3-5-9-19(17)21)22(25)23(28)27(24(25)29)15-12-10-14(26)11-13-15/h2-13,20-22H,1H3/t20?,21?,22-,25+/m0/s1. The van der Waals surface area contributed by atoms with Crippen molar-refractivity contribution in [2.45, 2.75) is 18.8 Å². The summed E-state index contributed by atoms with van der Waals surface area (Å²) in [7, 11) is 0. The zero-order valence-corrected chi connectivity index (χ0v) is 15.8. The van der Waals surface area contributed by atoms with Crippen molar-refractivity contribution in [3.63, 3.8) is 0 Å². The van der Waals surface area contributed by atoms with Crippen LogP contribution >= 0.6 is 0 Å². The van der Waals surface area contributed by atoms with Gasteiger partial charge in [0.15, 0.2) is 0 Å². The zero-order valence-electron chi connectivity index (χ0n) is 15.8. The number of hydrogen-bond acceptors (Lipinski definition) is 2. The topological polar surface area (TPSA) is 37.4 Å². The molecule has 0 aromatic heterocycles. The predicted molar refractivity (Wildman–Crippen MR) is 107 cm³/mol. The van der Waals surface area contributed by atoms with Crippen LogP contribution in [0.1, 0.15) is 41.0 Å². The van der Waals surface area contributed by atoms with Gasteiger partial charge in [0.05, 0.1) is 17.0 Å². The van der Waals surface area contributed by atoms with Crippen LogP contribution in [0.25, 0.3) is 0 Å². The van der Waals surface area contributed by atoms with E-state index in [1.54, 1.807) is 0 Å². The van der Waals surface area contributed by atoms with Gasteiger partial charge in [-0.3, -0.25) is 9.59 Å². The number of anilines is 1. The summed E-state index contributed by atoms with van der Waals surface area (Å²) in [5.41, 5.74) is 4.12. The van der Waals surface area contributed by atoms with Gasteiger partial charge in [-0.05, 0) is 53.4 Å². The molecule has 4 aliphatic rings. The molecule has 0 unspecified atom stereocenters. The van der Waals surface area contributed by atoms with Gasteiger partial charge in [0.1, 0.15) is 5.82 Å². The molecule has 3 aromatic rings. The molecule has 1 heterocycles. The first kappa shape index (κ1) is 16.7. The van der Waals surface area contributed by atoms with Gasteiger partial charge in [0, 0.05) is 11.8 Å². The molecule has 3 nitrogen and oxygen atoms in total. The minimum absolute atomic E-state index is 0.153. The van der Waals surface area contributed by atoms with E-state index in [9.17, 15) is 14.0 Å². The van der Waals surface area contributed by atoms with E-state index in [2.05, 4.69) is 24.3 Å². The lowest BCUT2D eigenvalue weighted by Gasteiger charge is -2.51. The Morgan fingerprint density at radius 3 is 1.86 bits per heavy atom. The van der Waals surface area contributed by atoms with Crippen LogP contribution in [0.5, 0.6) is 0 Å². The molecular formula is C25H18FNO2. The first-order chi connectivity index (χ1) is 14.0. The van der Waals surface area contributed by atoms with Gasteiger partial charge >= 0.3 is 0 Å². The molecule has 142 valence electrons. The van der Waals surface area contributed by atoms with E-state index in [0.717, 1.165) is 22.3 Å². The average Bonchev–Trinajstić information content (AvgIpc) is 2.95. The van der Waals surface area contributed by atoms with Gasteiger partial charge in [-0.2, -0.15) is 0 Å². The Morgan fingerprint density at radius 2 is 1.31 bits per heavy atom. The van der Waals surface area contributed by atoms with Gasteiger partial charge in [0.25, 0.3) is 0 Å². The molecule has 1 saturated heterocycles. The number of amides is 2. The van der Waals surface area contributed by atoms with Crippen LogP contribution in [0.2, 0.25) is 0 Å². The van der Waals surface area contributed by atoms with Crippen LogP contribution in [0, 0.1) is 17.2 Å². The number of carbonyl (C=O) groups is 2. The maximum atomic E-state index is 13.8. The van der Waals surface area contributed by atoms with Crippen molar-refractivity contribution in [3.05, 3.63) is 101 Å². The lowest BCUT2D eigenvalue weighted by atomic mass is 9.48. The van der Waals surface area contributed by atoms with Crippen molar-refractivity contribution in [1.82, 2.24) is 0 Å². The van der Waals surface area contributed by atoms with E-state index >= 15 is 0 Å². The highest BCUT2D eigenvalue weighted by atomic mass is 19.1. The second-order valence-corrected chi connectivity index (χ2v) is 8.38. The summed E-state index contributed by atoms with van der Waals surface area (Å²) >= 11 is 0. The fourth-order valence-electron chi connectivity index (χ4n) is 5.95. The summed E-state index contributed by atoms with van der Waals surface area (Å²) in [6.45, 7) is 1.94. The minimum Gasteiger partial charge on any atom is -0.274 e. The Morgan fingerprint density at radius 1 is 0.793 bits per heavy atom. The fraction of sp³-hybridized carbons (Fsp3) is 0.200. The van der Waals surface area contributed by atoms with Crippen LogP contribution in [0.15, 0.2) is 72.8 Å². The van der Waals surface area contributed by atoms with Gasteiger partial charge in [-0.1, -0.05) is 48.5 Å². The SMILES string of the molecule is C[C@]12C(=O)N(c3ccc(F)cc3)C(=O)[C@@H]1C1c3ccccc3C2c2ccccc21. The van der Waals surface area contributed by atoms with E-state index in [1.807, 2.05) is 31.2 Å². The maximum absolute atomic E-state index is 13.8. The molecule has 0 saturated carbocycles. The molecule has 0 radical (unpaired) electrons. The molecule has 0 N–H and O–H groups in total. The van der Waals surface area contributed by atoms with Crippen molar-refractivity contribution in [3.8, 4) is 0 Å². The summed E-state index contributed by atoms with van der Waals surface area (Å²) in [5.74, 6) is -1.57. The van der Waals surface area contributed by atoms with Gasteiger partial charge in [0.2, 0.25) is 11.8 Å². The fourth-order valence-corrected chi connectivity index (χ4v) is 5.95. The largest absolute Gasteiger partial charge is 0.274 e. The van der Waals surface area contributed by atoms with Gasteiger partial charge in [-0.15, -0.1) is 0 Å². The van der Waals surface area contributed by atoms with Gasteiger partial charge in [-0.25, -0.2) is 9.29 Å². The summed E-state index contributed by atoms with van der Waals surface area (Å²) < 4.78 is 13.4. The van der Waals surface area contributed by atoms with Crippen LogP contribution < -0.4 is 4.90 Å². The highest BCUT2D eigenvalue weighted by Crippen LogP contribution is 2.67. The van der Waals surface area contributed by atoms with E-state index in [0.29, 0.717) is 5.69 Å². The molecule has 29 heavy (non-hydrogen) atoms. The number of benzene rings is 3. The predicted octanol–water partition coefficient (Wildman–Crippen LogP) is 4.61. The molecule has 2 bridgehead atoms. The molecule has 1 aliphatic heterocycles. The lowest BCUT2D eigenvalue weighted by molar-refractivity contribution is -0.128. The molecule has 7 rings (SSSR count). The Labute approximate surface area is 167 Å². The smallest absolute Gasteiger partial charge is 0.241 e. The first-order valence-electron chi connectivity index (χ1n) is 9.85. The van der Waals surface area contributed by atoms with Crippen LogP contribution in [0.4, 0.5) is 10.1 Å². The quantitative estimate of drug-likeness (QED) is 0.576. The van der Waals surface area contributed by atoms with Crippen molar-refractivity contribution < 1.29 is 14.0 Å². The van der Waals surface area contributed by atoms with E-state index < -0.39 is 17.2 Å². The van der Waals surface area contributed by atoms with E-state index in [-0.39, 0.29) is 23.7 Å². The summed E-state index contributed by atoms with van der Waals surface area (Å²) in [4.78, 5) is 28.7. The Bertz CT molecular complexity index is 1150. The average molecular weight is 383 g/mol. The second-order valence-electron chi connectivity index (χ2n) is 8.38. The second kappa shape index (κ2) is 5.41. The van der Waals surface area contributed by atoms with Crippen molar-refractivity contribution in [2.24, 2.45) is 11.3 Å². The highest BCUT2D eigenvalue weighted by Gasteiger charge is 2.68. The monoisotopic (exact) mass is 383 g/mol. The third-order valence-electron chi connectivity index (χ3n) is 7.10. The van der Waals surface area contributed by atoms with Crippen molar-refractivity contribution in [2.75, 3.05) is 4.90 Å². The number of halogens is 1. The lowest BCUT2D eigenvalue weighted by Crippen LogP contribution is -2.49. The van der Waals surface area contributed by atoms with Gasteiger partial charge < -0.3 is 0 Å². The Balaban J connectivity index is 1.61. The summed E-state index contributed by atoms with van der Waals surface area (Å²) in [5, 5.41) is 0. The van der Waals surface area contributed by atoms with E-state index in [1.165, 1.54) is 29.2 Å². The molecule has 3 aromatic carbocycles. The van der Waals surface area contributed by atoms with Crippen LogP contribution in [0.3, 0.4) is 0 Å². The molecule has 1 fully saturated rings. The number of carbonyl (C=O) groups excluding carboxylic acids is 2. The number of imide groups is 1. The first-order valence-corrected chi connectivity index (χ1v) is 9.85. The number of nitrogens with zero attached hydrogens (tertiary/aromatic N) is 1. The zero-order chi connectivity index (χ0) is 19.9. The normalized spacial score (nSPS) is 28.9. The summed E-state index contributed by atoms with van der Waals surface area (Å²) in [6.07, 6.45) is 0. The summed E-state index contributed by atoms with van der Waals surface area (Å²) in [6, 6.07) is 21.9. The Hall–Kier alpha value is -3.27. The minimum atomic E-state index is -0.862. The van der Waals surface area contributed by atoms with Crippen molar-refractivity contribution >= 4 is 17.5 Å². The molecule has 2 atom stereocenters. The molecule has 2 amide bonds. The molecular weight excluding hydrogens is 365 g/mol. The van der Waals surface area contributed by atoms with Crippen molar-refractivity contribution in [1.29, 1.82) is 0 Å². The highest BCUT2D eigenvalue weighted by molar-refractivity contribution is 6.25. The third kappa shape index (κ3) is 1.87. The molecule has 0 spiro atoms. The Kier molecular flexibility index (Phi) is 3.11. The molecule has 3 aliphatic carbocycles. The maximum Gasteiger partial charge on any atom is 0.241 e.